The van der Waals surface area contributed by atoms with Gasteiger partial charge >= 0.3 is 0 Å². The van der Waals surface area contributed by atoms with Crippen molar-refractivity contribution in [3.05, 3.63) is 42.0 Å². The molecule has 0 unspecified atom stereocenters. The fourth-order valence-corrected chi connectivity index (χ4v) is 4.99. The summed E-state index contributed by atoms with van der Waals surface area (Å²) in [6.07, 6.45) is 12.2. The summed E-state index contributed by atoms with van der Waals surface area (Å²) in [7, 11) is 0. The van der Waals surface area contributed by atoms with Gasteiger partial charge in [0, 0.05) is 0 Å². The van der Waals surface area contributed by atoms with Crippen molar-refractivity contribution in [1.82, 2.24) is 5.01 Å². The Kier molecular flexibility index (Phi) is 3.30. The summed E-state index contributed by atoms with van der Waals surface area (Å²) < 4.78 is 5.39. The highest BCUT2D eigenvalue weighted by Crippen LogP contribution is 2.65. The minimum Gasteiger partial charge on any atom is -0.481 e. The van der Waals surface area contributed by atoms with Gasteiger partial charge in [0.2, 0.25) is 0 Å². The van der Waals surface area contributed by atoms with Crippen LogP contribution in [0.3, 0.4) is 0 Å². The normalized spacial score (nSPS) is 36.2. The average Bonchev–Trinajstić information content (AvgIpc) is 3.44. The molecule has 5 heteroatoms. The van der Waals surface area contributed by atoms with Crippen LogP contribution in [-0.2, 0) is 9.59 Å². The highest BCUT2D eigenvalue weighted by atomic mass is 16.5. The maximum absolute atomic E-state index is 12.8. The number of hydrazone groups is 1. The molecule has 0 radical (unpaired) electrons. The fraction of sp³-hybridized carbons (Fsp3) is 0.381. The molecule has 1 aromatic rings. The van der Waals surface area contributed by atoms with Crippen molar-refractivity contribution in [3.63, 3.8) is 0 Å². The van der Waals surface area contributed by atoms with E-state index < -0.39 is 0 Å². The first-order valence-electron chi connectivity index (χ1n) is 8.95. The van der Waals surface area contributed by atoms with Crippen molar-refractivity contribution in [2.24, 2.45) is 40.6 Å². The first-order chi connectivity index (χ1) is 12.7. The third-order valence-electron chi connectivity index (χ3n) is 6.14. The molecule has 0 spiro atoms. The van der Waals surface area contributed by atoms with Gasteiger partial charge in [0.15, 0.2) is 0 Å². The van der Waals surface area contributed by atoms with E-state index >= 15 is 0 Å². The summed E-state index contributed by atoms with van der Waals surface area (Å²) in [5, 5.41) is 5.31. The lowest BCUT2D eigenvalue weighted by Crippen LogP contribution is -2.40. The third-order valence-corrected chi connectivity index (χ3v) is 6.14. The van der Waals surface area contributed by atoms with Crippen LogP contribution in [0.1, 0.15) is 12.0 Å². The molecule has 0 aromatic heterocycles. The maximum atomic E-state index is 12.8. The number of hydrogen-bond acceptors (Lipinski definition) is 4. The molecule has 5 nitrogen and oxygen atoms in total. The summed E-state index contributed by atoms with van der Waals surface area (Å²) in [6, 6.07) is 7.23. The Hall–Kier alpha value is -2.87. The molecule has 1 heterocycles. The number of carbonyl (C=O) groups is 2. The first kappa shape index (κ1) is 15.4. The lowest BCUT2D eigenvalue weighted by atomic mass is 9.63. The van der Waals surface area contributed by atoms with E-state index in [-0.39, 0.29) is 42.1 Å². The van der Waals surface area contributed by atoms with Gasteiger partial charge in [-0.05, 0) is 47.8 Å². The Labute approximate surface area is 151 Å². The van der Waals surface area contributed by atoms with Crippen LogP contribution in [0.2, 0.25) is 0 Å². The Balaban J connectivity index is 1.37. The van der Waals surface area contributed by atoms with Crippen molar-refractivity contribution in [3.8, 4) is 18.1 Å². The molecular weight excluding hydrogens is 328 g/mol. The minimum absolute atomic E-state index is 0.152. The van der Waals surface area contributed by atoms with Crippen LogP contribution in [0, 0.1) is 47.9 Å². The number of hydrogen-bond donors (Lipinski definition) is 0. The van der Waals surface area contributed by atoms with E-state index in [0.29, 0.717) is 17.6 Å². The molecule has 0 N–H and O–H groups in total. The van der Waals surface area contributed by atoms with Crippen molar-refractivity contribution in [2.75, 3.05) is 6.61 Å². The van der Waals surface area contributed by atoms with Crippen molar-refractivity contribution < 1.29 is 14.3 Å². The van der Waals surface area contributed by atoms with Gasteiger partial charge in [0.25, 0.3) is 11.8 Å². The van der Waals surface area contributed by atoms with Gasteiger partial charge in [-0.2, -0.15) is 10.1 Å². The zero-order valence-electron chi connectivity index (χ0n) is 14.1. The van der Waals surface area contributed by atoms with E-state index in [2.05, 4.69) is 23.2 Å². The highest BCUT2D eigenvalue weighted by Gasteiger charge is 2.67. The molecule has 3 fully saturated rings. The quantitative estimate of drug-likeness (QED) is 0.363. The van der Waals surface area contributed by atoms with Gasteiger partial charge in [0.1, 0.15) is 12.4 Å². The third kappa shape index (κ3) is 2.15. The lowest BCUT2D eigenvalue weighted by molar-refractivity contribution is -0.140. The minimum atomic E-state index is -0.219. The largest absolute Gasteiger partial charge is 0.481 e. The zero-order chi connectivity index (χ0) is 17.8. The van der Waals surface area contributed by atoms with Crippen LogP contribution in [0.15, 0.2) is 41.5 Å². The van der Waals surface area contributed by atoms with Crippen LogP contribution < -0.4 is 4.74 Å². The number of amides is 2. The monoisotopic (exact) mass is 346 g/mol. The van der Waals surface area contributed by atoms with E-state index in [1.54, 1.807) is 12.1 Å². The van der Waals surface area contributed by atoms with Crippen LogP contribution >= 0.6 is 0 Å². The first-order valence-corrected chi connectivity index (χ1v) is 8.95. The van der Waals surface area contributed by atoms with Gasteiger partial charge in [-0.15, -0.1) is 6.42 Å². The maximum Gasteiger partial charge on any atom is 0.254 e. The van der Waals surface area contributed by atoms with Crippen LogP contribution in [0.5, 0.6) is 5.75 Å². The number of ether oxygens (including phenoxy) is 1. The molecule has 6 atom stereocenters. The summed E-state index contributed by atoms with van der Waals surface area (Å²) >= 11 is 0. The molecule has 5 aliphatic rings. The summed E-state index contributed by atoms with van der Waals surface area (Å²) in [5.74, 6) is 3.92. The Morgan fingerprint density at radius 3 is 2.54 bits per heavy atom. The summed E-state index contributed by atoms with van der Waals surface area (Å²) in [5.41, 5.74) is 0.749. The second kappa shape index (κ2) is 5.57. The predicted molar refractivity (Wildman–Crippen MR) is 94.9 cm³/mol. The SMILES string of the molecule is C#CCOc1cccc(/C=N\N2C(=O)[C@@H]3[C@H]4C=C[C@@H]([C@@H]5C[C@H]45)[C@H]3C2=O)c1. The summed E-state index contributed by atoms with van der Waals surface area (Å²) in [6.45, 7) is 0.186. The standard InChI is InChI=1S/C21H18N2O3/c1-2-8-26-13-5-3-4-12(9-13)11-22-23-20(24)18-14-6-7-15(17-10-16(14)17)19(18)21(23)25/h1,3-7,9,11,14-19H,8,10H2/b22-11-/t14-,15-,16-,17+,18+,19+/m0/s1. The highest BCUT2D eigenvalue weighted by molar-refractivity contribution is 6.06. The molecule has 2 amide bonds. The van der Waals surface area contributed by atoms with E-state index in [4.69, 9.17) is 11.2 Å². The number of allylic oxidation sites excluding steroid dienone is 2. The zero-order valence-corrected chi connectivity index (χ0v) is 14.1. The molecule has 4 aliphatic carbocycles. The molecule has 1 aromatic carbocycles. The number of benzene rings is 1. The van der Waals surface area contributed by atoms with E-state index in [1.165, 1.54) is 6.21 Å². The number of carbonyl (C=O) groups excluding carboxylic acids is 2. The number of terminal acetylenes is 1. The van der Waals surface area contributed by atoms with Gasteiger partial charge in [-0.3, -0.25) is 9.59 Å². The molecule has 26 heavy (non-hydrogen) atoms. The molecule has 6 rings (SSSR count). The fourth-order valence-electron chi connectivity index (χ4n) is 4.99. The van der Waals surface area contributed by atoms with E-state index in [0.717, 1.165) is 17.0 Å². The number of nitrogens with zero attached hydrogens (tertiary/aromatic N) is 2. The molecule has 130 valence electrons. The Bertz CT molecular complexity index is 861. The van der Waals surface area contributed by atoms with Crippen LogP contribution in [0.4, 0.5) is 0 Å². The smallest absolute Gasteiger partial charge is 0.254 e. The van der Waals surface area contributed by atoms with Gasteiger partial charge in [0.05, 0.1) is 18.1 Å². The molecule has 2 bridgehead atoms. The van der Waals surface area contributed by atoms with Crippen molar-refractivity contribution in [2.45, 2.75) is 6.42 Å². The summed E-state index contributed by atoms with van der Waals surface area (Å²) in [4.78, 5) is 25.7. The topological polar surface area (TPSA) is 59.0 Å². The molecule has 1 saturated heterocycles. The second-order valence-corrected chi connectivity index (χ2v) is 7.45. The molecule has 1 aliphatic heterocycles. The molecule has 2 saturated carbocycles. The Morgan fingerprint density at radius 1 is 1.19 bits per heavy atom. The van der Waals surface area contributed by atoms with Crippen LogP contribution in [-0.4, -0.2) is 29.6 Å². The Morgan fingerprint density at radius 2 is 1.88 bits per heavy atom. The average molecular weight is 346 g/mol. The van der Waals surface area contributed by atoms with Crippen molar-refractivity contribution in [1.29, 1.82) is 0 Å². The van der Waals surface area contributed by atoms with Crippen molar-refractivity contribution >= 4 is 18.0 Å². The van der Waals surface area contributed by atoms with Gasteiger partial charge in [-0.25, -0.2) is 0 Å². The second-order valence-electron chi connectivity index (χ2n) is 7.45. The number of rotatable bonds is 4. The van der Waals surface area contributed by atoms with Crippen LogP contribution in [0.25, 0.3) is 0 Å². The molecular formula is C21H18N2O3. The predicted octanol–water partition coefficient (Wildman–Crippen LogP) is 2.09. The van der Waals surface area contributed by atoms with Gasteiger partial charge in [-0.1, -0.05) is 30.2 Å². The lowest BCUT2D eigenvalue weighted by Gasteiger charge is -2.37. The van der Waals surface area contributed by atoms with E-state index in [9.17, 15) is 9.59 Å². The van der Waals surface area contributed by atoms with E-state index in [1.807, 2.05) is 12.1 Å². The van der Waals surface area contributed by atoms with Gasteiger partial charge < -0.3 is 4.74 Å². The number of imide groups is 1.